The van der Waals surface area contributed by atoms with Gasteiger partial charge < -0.3 is 4.90 Å². The third-order valence-corrected chi connectivity index (χ3v) is 7.84. The standard InChI is InChI=1S/C23H23FN2O3S2/c24-19-9-5-17(6-10-19)22-4-1-15-26(22)23(27)18-7-11-21(12-8-18)31(28,29)25-14-13-20-3-2-16-30-20/h2-3,5-12,16,22,25H,1,4,13-15H2. The SMILES string of the molecule is O=C(c1ccc(S(=O)(=O)NCCc2cccs2)cc1)N1CCCC1c1ccc(F)cc1. The summed E-state index contributed by atoms with van der Waals surface area (Å²) in [5, 5.41) is 1.96. The van der Waals surface area contributed by atoms with Crippen LogP contribution in [0.2, 0.25) is 0 Å². The van der Waals surface area contributed by atoms with Crippen LogP contribution in [0.15, 0.2) is 70.9 Å². The van der Waals surface area contributed by atoms with Crippen LogP contribution in [0.3, 0.4) is 0 Å². The zero-order valence-corrected chi connectivity index (χ0v) is 18.5. The van der Waals surface area contributed by atoms with E-state index in [0.29, 0.717) is 25.1 Å². The highest BCUT2D eigenvalue weighted by molar-refractivity contribution is 7.89. The number of halogens is 1. The number of hydrogen-bond acceptors (Lipinski definition) is 4. The van der Waals surface area contributed by atoms with Crippen molar-refractivity contribution in [3.63, 3.8) is 0 Å². The Labute approximate surface area is 185 Å². The lowest BCUT2D eigenvalue weighted by Crippen LogP contribution is -2.30. The second-order valence-corrected chi connectivity index (χ2v) is 10.3. The van der Waals surface area contributed by atoms with Crippen LogP contribution in [-0.2, 0) is 16.4 Å². The van der Waals surface area contributed by atoms with Crippen LogP contribution in [-0.4, -0.2) is 32.3 Å². The van der Waals surface area contributed by atoms with E-state index in [1.54, 1.807) is 40.5 Å². The predicted octanol–water partition coefficient (Wildman–Crippen LogP) is 4.39. The quantitative estimate of drug-likeness (QED) is 0.571. The van der Waals surface area contributed by atoms with Gasteiger partial charge in [-0.2, -0.15) is 0 Å². The van der Waals surface area contributed by atoms with Gasteiger partial charge in [-0.3, -0.25) is 4.79 Å². The molecule has 3 aromatic rings. The maximum absolute atomic E-state index is 13.2. The number of nitrogens with zero attached hydrogens (tertiary/aromatic N) is 1. The molecular weight excluding hydrogens is 435 g/mol. The van der Waals surface area contributed by atoms with E-state index in [4.69, 9.17) is 0 Å². The molecule has 1 unspecified atom stereocenters. The molecule has 0 saturated carbocycles. The number of nitrogens with one attached hydrogen (secondary N) is 1. The highest BCUT2D eigenvalue weighted by atomic mass is 32.2. The molecule has 0 aliphatic carbocycles. The summed E-state index contributed by atoms with van der Waals surface area (Å²) in [6.07, 6.45) is 2.32. The molecule has 31 heavy (non-hydrogen) atoms. The lowest BCUT2D eigenvalue weighted by molar-refractivity contribution is 0.0735. The zero-order valence-electron chi connectivity index (χ0n) is 16.8. The van der Waals surface area contributed by atoms with Gasteiger partial charge >= 0.3 is 0 Å². The van der Waals surface area contributed by atoms with E-state index in [2.05, 4.69) is 4.72 Å². The number of thiophene rings is 1. The first-order chi connectivity index (χ1) is 14.9. The molecule has 1 atom stereocenters. The van der Waals surface area contributed by atoms with Gasteiger partial charge in [0, 0.05) is 23.5 Å². The summed E-state index contributed by atoms with van der Waals surface area (Å²) in [6, 6.07) is 16.1. The lowest BCUT2D eigenvalue weighted by atomic mass is 10.0. The minimum Gasteiger partial charge on any atom is -0.332 e. The highest BCUT2D eigenvalue weighted by Crippen LogP contribution is 2.33. The van der Waals surface area contributed by atoms with Crippen molar-refractivity contribution in [1.29, 1.82) is 0 Å². The van der Waals surface area contributed by atoms with E-state index in [0.717, 1.165) is 23.3 Å². The van der Waals surface area contributed by atoms with E-state index in [1.807, 2.05) is 17.5 Å². The maximum atomic E-state index is 13.2. The van der Waals surface area contributed by atoms with Crippen molar-refractivity contribution >= 4 is 27.3 Å². The number of rotatable bonds is 7. The fourth-order valence-corrected chi connectivity index (χ4v) is 5.57. The van der Waals surface area contributed by atoms with Crippen LogP contribution in [0.5, 0.6) is 0 Å². The molecule has 0 radical (unpaired) electrons. The highest BCUT2D eigenvalue weighted by Gasteiger charge is 2.30. The van der Waals surface area contributed by atoms with E-state index >= 15 is 0 Å². The van der Waals surface area contributed by atoms with Crippen molar-refractivity contribution in [3.05, 3.63) is 87.9 Å². The Balaban J connectivity index is 1.43. The molecule has 1 aliphatic rings. The van der Waals surface area contributed by atoms with Crippen LogP contribution in [0, 0.1) is 5.82 Å². The summed E-state index contributed by atoms with van der Waals surface area (Å²) < 4.78 is 40.9. The fraction of sp³-hybridized carbons (Fsp3) is 0.261. The molecule has 2 aromatic carbocycles. The number of likely N-dealkylation sites (tertiary alicyclic amines) is 1. The Morgan fingerprint density at radius 3 is 2.52 bits per heavy atom. The Hall–Kier alpha value is -2.55. The normalized spacial score (nSPS) is 16.5. The molecule has 1 amide bonds. The average molecular weight is 459 g/mol. The molecule has 1 saturated heterocycles. The Morgan fingerprint density at radius 1 is 1.10 bits per heavy atom. The van der Waals surface area contributed by atoms with E-state index in [1.165, 1.54) is 24.3 Å². The minimum atomic E-state index is -3.64. The molecule has 1 N–H and O–H groups in total. The van der Waals surface area contributed by atoms with Crippen molar-refractivity contribution in [2.45, 2.75) is 30.2 Å². The lowest BCUT2D eigenvalue weighted by Gasteiger charge is -2.25. The first-order valence-electron chi connectivity index (χ1n) is 10.1. The second-order valence-electron chi connectivity index (χ2n) is 7.46. The topological polar surface area (TPSA) is 66.5 Å². The number of benzene rings is 2. The zero-order chi connectivity index (χ0) is 21.8. The van der Waals surface area contributed by atoms with Crippen LogP contribution in [0.4, 0.5) is 4.39 Å². The number of carbonyl (C=O) groups excluding carboxylic acids is 1. The van der Waals surface area contributed by atoms with Gasteiger partial charge in [-0.25, -0.2) is 17.5 Å². The molecule has 4 rings (SSSR count). The van der Waals surface area contributed by atoms with Crippen LogP contribution < -0.4 is 4.72 Å². The van der Waals surface area contributed by atoms with Crippen molar-refractivity contribution in [2.24, 2.45) is 0 Å². The molecule has 1 aliphatic heterocycles. The van der Waals surface area contributed by atoms with Crippen molar-refractivity contribution in [2.75, 3.05) is 13.1 Å². The van der Waals surface area contributed by atoms with Gasteiger partial charge in [0.1, 0.15) is 5.82 Å². The third-order valence-electron chi connectivity index (χ3n) is 5.42. The number of amides is 1. The summed E-state index contributed by atoms with van der Waals surface area (Å²) in [6.45, 7) is 0.932. The van der Waals surface area contributed by atoms with Crippen molar-refractivity contribution in [3.8, 4) is 0 Å². The van der Waals surface area contributed by atoms with E-state index < -0.39 is 10.0 Å². The number of carbonyl (C=O) groups is 1. The average Bonchev–Trinajstić information content (AvgIpc) is 3.46. The first kappa shape index (κ1) is 21.7. The molecule has 8 heteroatoms. The largest absolute Gasteiger partial charge is 0.332 e. The molecule has 1 aromatic heterocycles. The Bertz CT molecular complexity index is 1130. The van der Waals surface area contributed by atoms with Crippen LogP contribution in [0.1, 0.15) is 39.7 Å². The molecule has 0 spiro atoms. The summed E-state index contributed by atoms with van der Waals surface area (Å²) in [4.78, 5) is 16.1. The number of sulfonamides is 1. The molecule has 0 bridgehead atoms. The summed E-state index contributed by atoms with van der Waals surface area (Å²) >= 11 is 1.59. The first-order valence-corrected chi connectivity index (χ1v) is 12.5. The summed E-state index contributed by atoms with van der Waals surface area (Å²) in [5.74, 6) is -0.457. The van der Waals surface area contributed by atoms with Crippen molar-refractivity contribution in [1.82, 2.24) is 9.62 Å². The molecule has 162 valence electrons. The summed E-state index contributed by atoms with van der Waals surface area (Å²) in [7, 11) is -3.64. The maximum Gasteiger partial charge on any atom is 0.254 e. The van der Waals surface area contributed by atoms with Gasteiger partial charge in [0.2, 0.25) is 10.0 Å². The smallest absolute Gasteiger partial charge is 0.254 e. The molecule has 5 nitrogen and oxygen atoms in total. The van der Waals surface area contributed by atoms with Crippen molar-refractivity contribution < 1.29 is 17.6 Å². The van der Waals surface area contributed by atoms with Gasteiger partial charge in [0.05, 0.1) is 10.9 Å². The van der Waals surface area contributed by atoms with Gasteiger partial charge in [-0.15, -0.1) is 11.3 Å². The molecular formula is C23H23FN2O3S2. The molecule has 2 heterocycles. The number of hydrogen-bond donors (Lipinski definition) is 1. The minimum absolute atomic E-state index is 0.101. The van der Waals surface area contributed by atoms with Crippen LogP contribution in [0.25, 0.3) is 0 Å². The fourth-order valence-electron chi connectivity index (χ4n) is 3.83. The van der Waals surface area contributed by atoms with Gasteiger partial charge in [0.25, 0.3) is 5.91 Å². The Morgan fingerprint density at radius 2 is 1.84 bits per heavy atom. The van der Waals surface area contributed by atoms with Crippen LogP contribution >= 0.6 is 11.3 Å². The predicted molar refractivity (Wildman–Crippen MR) is 119 cm³/mol. The monoisotopic (exact) mass is 458 g/mol. The van der Waals surface area contributed by atoms with E-state index in [9.17, 15) is 17.6 Å². The van der Waals surface area contributed by atoms with Gasteiger partial charge in [0.15, 0.2) is 0 Å². The summed E-state index contributed by atoms with van der Waals surface area (Å²) in [5.41, 5.74) is 1.34. The van der Waals surface area contributed by atoms with Gasteiger partial charge in [-0.1, -0.05) is 18.2 Å². The molecule has 1 fully saturated rings. The van der Waals surface area contributed by atoms with E-state index in [-0.39, 0.29) is 22.7 Å². The second kappa shape index (κ2) is 9.30. The van der Waals surface area contributed by atoms with Gasteiger partial charge in [-0.05, 0) is 72.7 Å². The third kappa shape index (κ3) is 5.03. The Kier molecular flexibility index (Phi) is 6.50.